The Morgan fingerprint density at radius 1 is 1.09 bits per heavy atom. The van der Waals surface area contributed by atoms with Gasteiger partial charge in [-0.3, -0.25) is 0 Å². The molecule has 0 saturated heterocycles. The molecule has 0 radical (unpaired) electrons. The maximum atomic E-state index is 7.27. The van der Waals surface area contributed by atoms with E-state index in [1.54, 1.807) is 18.8 Å². The van der Waals surface area contributed by atoms with E-state index in [-0.39, 0.29) is 19.6 Å². The number of nitrogens with one attached hydrogen (secondary N) is 1. The molecule has 1 aliphatic rings. The van der Waals surface area contributed by atoms with Gasteiger partial charge in [-0.1, -0.05) is 32.1 Å². The van der Waals surface area contributed by atoms with Gasteiger partial charge in [-0.15, -0.1) is 6.04 Å². The Morgan fingerprint density at radius 2 is 1.45 bits per heavy atom. The molecule has 11 heavy (non-hydrogen) atoms. The van der Waals surface area contributed by atoms with Crippen molar-refractivity contribution in [2.45, 2.75) is 38.1 Å². The molecular weight excluding hydrogens is 343 g/mol. The molecule has 0 amide bonds. The third-order valence-electron chi connectivity index (χ3n) is 1.61. The number of hydrogen-bond acceptors (Lipinski definition) is 0. The van der Waals surface area contributed by atoms with Crippen molar-refractivity contribution in [3.8, 4) is 0 Å². The summed E-state index contributed by atoms with van der Waals surface area (Å²) in [6, 6.07) is 0.286. The van der Waals surface area contributed by atoms with Crippen LogP contribution in [0.15, 0.2) is 0 Å². The van der Waals surface area contributed by atoms with E-state index in [0.29, 0.717) is 0 Å². The van der Waals surface area contributed by atoms with Gasteiger partial charge in [0, 0.05) is 0 Å². The standard InChI is InChI=1S/C6H12N.CH3.ClH.H2N.Pt/c7-6-4-2-1-3-5-6;;;;/h6-7H,1-5H2;1H3;1H;1H2;/q2*-1;;-1;+1/p-1. The molecule has 3 N–H and O–H groups in total. The molecule has 4 heteroatoms. The van der Waals surface area contributed by atoms with Crippen LogP contribution in [0.3, 0.4) is 0 Å². The first-order valence-electron chi connectivity index (χ1n) is 3.22. The second kappa shape index (κ2) is 13.5. The van der Waals surface area contributed by atoms with E-state index in [9.17, 15) is 0 Å². The molecule has 75 valence electrons. The molecule has 2 nitrogen and oxygen atoms in total. The van der Waals surface area contributed by atoms with Crippen LogP contribution in [0, 0.1) is 7.43 Å². The summed E-state index contributed by atoms with van der Waals surface area (Å²) in [4.78, 5) is 0. The van der Waals surface area contributed by atoms with Crippen molar-refractivity contribution in [2.75, 3.05) is 0 Å². The van der Waals surface area contributed by atoms with Crippen LogP contribution in [0.25, 0.3) is 11.9 Å². The maximum absolute atomic E-state index is 7.27. The normalized spacial score (nSPS) is 16.7. The predicted molar refractivity (Wildman–Crippen MR) is 48.7 cm³/mol. The number of halogens is 1. The van der Waals surface area contributed by atoms with E-state index in [0.717, 1.165) is 12.8 Å². The summed E-state index contributed by atoms with van der Waals surface area (Å²) in [5.41, 5.74) is 7.27. The van der Waals surface area contributed by atoms with Crippen molar-refractivity contribution in [2.24, 2.45) is 0 Å². The predicted octanol–water partition coefficient (Wildman–Crippen LogP) is 4.23. The Balaban J connectivity index is -0.000000149. The van der Waals surface area contributed by atoms with Gasteiger partial charge in [-0.05, 0) is 0 Å². The van der Waals surface area contributed by atoms with E-state index in [4.69, 9.17) is 5.73 Å². The van der Waals surface area contributed by atoms with Crippen LogP contribution in [-0.4, -0.2) is 6.04 Å². The number of rotatable bonds is 0. The first-order chi connectivity index (χ1) is 4.39. The molecule has 0 unspecified atom stereocenters. The van der Waals surface area contributed by atoms with Crippen LogP contribution in [0.1, 0.15) is 32.1 Å². The van der Waals surface area contributed by atoms with E-state index in [1.807, 2.05) is 0 Å². The van der Waals surface area contributed by atoms with E-state index in [1.165, 1.54) is 19.3 Å². The summed E-state index contributed by atoms with van der Waals surface area (Å²) in [5, 5.41) is 0. The summed E-state index contributed by atoms with van der Waals surface area (Å²) in [5.74, 6) is 0. The summed E-state index contributed by atoms with van der Waals surface area (Å²) in [6.07, 6.45) is 6.28. The SMILES string of the molecule is [CH3-].[Cl][Pt].[NH-]C1CCCCC1.[NH2-]. The Kier molecular flexibility index (Phi) is 21.9. The van der Waals surface area contributed by atoms with E-state index < -0.39 is 0 Å². The quantitative estimate of drug-likeness (QED) is 0.581. The van der Waals surface area contributed by atoms with Crippen LogP contribution in [0.2, 0.25) is 0 Å². The van der Waals surface area contributed by atoms with Gasteiger partial charge in [0.05, 0.1) is 0 Å². The van der Waals surface area contributed by atoms with Crippen molar-refractivity contribution in [1.82, 2.24) is 0 Å². The van der Waals surface area contributed by atoms with Gasteiger partial charge in [-0.2, -0.15) is 0 Å². The number of hydrogen-bond donors (Lipinski definition) is 0. The Hall–Kier alpha value is 0.898. The maximum Gasteiger partial charge on any atom is -0.0534 e. The molecule has 1 fully saturated rings. The Labute approximate surface area is 85.7 Å². The third kappa shape index (κ3) is 10.9. The molecule has 0 aromatic rings. The van der Waals surface area contributed by atoms with Crippen molar-refractivity contribution in [3.05, 3.63) is 19.3 Å². The molecular formula is C7H17ClN2Pt-3. The fraction of sp³-hybridized carbons (Fsp3) is 0.857. The van der Waals surface area contributed by atoms with Crippen LogP contribution < -0.4 is 0 Å². The zero-order valence-corrected chi connectivity index (χ0v) is 9.91. The Morgan fingerprint density at radius 3 is 1.64 bits per heavy atom. The zero-order valence-electron chi connectivity index (χ0n) is 6.88. The van der Waals surface area contributed by atoms with Gasteiger partial charge >= 0.3 is 28.2 Å². The van der Waals surface area contributed by atoms with Crippen molar-refractivity contribution < 1.29 is 18.8 Å². The van der Waals surface area contributed by atoms with Gasteiger partial charge in [0.1, 0.15) is 0 Å². The van der Waals surface area contributed by atoms with Gasteiger partial charge in [0.15, 0.2) is 0 Å². The van der Waals surface area contributed by atoms with Gasteiger partial charge in [0.25, 0.3) is 0 Å². The molecule has 0 heterocycles. The molecule has 1 aliphatic carbocycles. The molecule has 0 aromatic carbocycles. The summed E-state index contributed by atoms with van der Waals surface area (Å²) < 4.78 is 0. The van der Waals surface area contributed by atoms with Crippen LogP contribution in [0.4, 0.5) is 0 Å². The monoisotopic (exact) mass is 359 g/mol. The smallest absolute Gasteiger partial charge is 0.0534 e. The fourth-order valence-corrected chi connectivity index (χ4v) is 1.10. The molecule has 1 rings (SSSR count). The Bertz CT molecular complexity index is 58.4. The minimum atomic E-state index is 0. The van der Waals surface area contributed by atoms with Crippen LogP contribution in [-0.2, 0) is 18.8 Å². The second-order valence-electron chi connectivity index (χ2n) is 2.33. The minimum absolute atomic E-state index is 0. The van der Waals surface area contributed by atoms with Gasteiger partial charge < -0.3 is 19.3 Å². The topological polar surface area (TPSA) is 57.3 Å². The van der Waals surface area contributed by atoms with Crippen molar-refractivity contribution in [1.29, 1.82) is 0 Å². The molecule has 0 aliphatic heterocycles. The average Bonchev–Trinajstić information content (AvgIpc) is 1.94. The van der Waals surface area contributed by atoms with E-state index in [2.05, 4.69) is 9.42 Å². The first kappa shape index (κ1) is 17.8. The molecule has 0 bridgehead atoms. The largest absolute Gasteiger partial charge is 0.693 e. The first-order valence-corrected chi connectivity index (χ1v) is 6.04. The third-order valence-corrected chi connectivity index (χ3v) is 1.61. The van der Waals surface area contributed by atoms with Crippen LogP contribution in [0.5, 0.6) is 0 Å². The van der Waals surface area contributed by atoms with Crippen molar-refractivity contribution in [3.63, 3.8) is 0 Å². The zero-order chi connectivity index (χ0) is 7.11. The van der Waals surface area contributed by atoms with E-state index >= 15 is 0 Å². The minimum Gasteiger partial charge on any atom is -0.693 e. The second-order valence-corrected chi connectivity index (χ2v) is 2.33. The van der Waals surface area contributed by atoms with Crippen LogP contribution >= 0.6 is 9.42 Å². The summed E-state index contributed by atoms with van der Waals surface area (Å²) in [6.45, 7) is 0. The van der Waals surface area contributed by atoms with Gasteiger partial charge in [-0.25, -0.2) is 0 Å². The molecule has 0 aromatic heterocycles. The number of nitrogens with two attached hydrogens (primary N) is 1. The average molecular weight is 360 g/mol. The molecule has 1 saturated carbocycles. The van der Waals surface area contributed by atoms with Gasteiger partial charge in [0.2, 0.25) is 0 Å². The molecule has 0 spiro atoms. The van der Waals surface area contributed by atoms with Crippen molar-refractivity contribution >= 4 is 9.42 Å². The fourth-order valence-electron chi connectivity index (χ4n) is 1.10. The summed E-state index contributed by atoms with van der Waals surface area (Å²) >= 11 is 1.61. The molecule has 0 atom stereocenters. The summed E-state index contributed by atoms with van der Waals surface area (Å²) in [7, 11) is 4.61.